The summed E-state index contributed by atoms with van der Waals surface area (Å²) in [5.41, 5.74) is 4.79. The first-order valence-corrected chi connectivity index (χ1v) is 9.03. The fourth-order valence-corrected chi connectivity index (χ4v) is 4.97. The summed E-state index contributed by atoms with van der Waals surface area (Å²) < 4.78 is 5.45. The molecule has 2 N–H and O–H groups in total. The summed E-state index contributed by atoms with van der Waals surface area (Å²) in [6.45, 7) is 3.11. The molecule has 1 amide bonds. The zero-order chi connectivity index (χ0) is 17.1. The van der Waals surface area contributed by atoms with Gasteiger partial charge in [-0.2, -0.15) is 0 Å². The number of piperidine rings is 1. The normalized spacial score (nSPS) is 33.3. The van der Waals surface area contributed by atoms with Crippen LogP contribution in [0.3, 0.4) is 0 Å². The summed E-state index contributed by atoms with van der Waals surface area (Å²) in [6.07, 6.45) is 2.75. The van der Waals surface area contributed by atoms with E-state index >= 15 is 0 Å². The highest BCUT2D eigenvalue weighted by Crippen LogP contribution is 2.47. The van der Waals surface area contributed by atoms with Gasteiger partial charge in [0.2, 0.25) is 5.91 Å². The molecule has 2 aromatic rings. The van der Waals surface area contributed by atoms with E-state index in [9.17, 15) is 9.90 Å². The summed E-state index contributed by atoms with van der Waals surface area (Å²) in [6, 6.07) is 8.42. The average molecular weight is 338 g/mol. The molecule has 5 heteroatoms. The number of allylic oxidation sites excluding steroid dienone is 1. The van der Waals surface area contributed by atoms with Crippen LogP contribution in [0.15, 0.2) is 35.9 Å². The third-order valence-corrected chi connectivity index (χ3v) is 6.21. The van der Waals surface area contributed by atoms with Gasteiger partial charge >= 0.3 is 0 Å². The molecule has 0 radical (unpaired) electrons. The van der Waals surface area contributed by atoms with E-state index in [1.807, 2.05) is 24.0 Å². The standard InChI is InChI=1S/C20H22N2O3/c1-2-11-10-25-20(24)17-14(11)9-16-18-13(7-8-22(16)19(17)23)12-5-3-4-6-15(12)21-18/h2-6,14,16-17,20-21,24H,7-10H2,1H3/b11-2-/t14-,16-,17+,20+/m0/s1. The molecule has 2 saturated heterocycles. The van der Waals surface area contributed by atoms with Crippen molar-refractivity contribution in [3.63, 3.8) is 0 Å². The van der Waals surface area contributed by atoms with Gasteiger partial charge in [-0.1, -0.05) is 24.3 Å². The lowest BCUT2D eigenvalue weighted by atomic mass is 9.73. The van der Waals surface area contributed by atoms with Gasteiger partial charge in [-0.15, -0.1) is 0 Å². The van der Waals surface area contributed by atoms with Crippen molar-refractivity contribution in [2.24, 2.45) is 11.8 Å². The number of nitrogens with one attached hydrogen (secondary N) is 1. The van der Waals surface area contributed by atoms with Gasteiger partial charge in [0.05, 0.1) is 18.6 Å². The molecule has 5 rings (SSSR count). The Kier molecular flexibility index (Phi) is 3.30. The smallest absolute Gasteiger partial charge is 0.232 e. The molecular formula is C20H22N2O3. The number of hydrogen-bond donors (Lipinski definition) is 2. The minimum absolute atomic E-state index is 0.0251. The van der Waals surface area contributed by atoms with Gasteiger partial charge in [0.25, 0.3) is 0 Å². The highest BCUT2D eigenvalue weighted by Gasteiger charge is 2.51. The van der Waals surface area contributed by atoms with Gasteiger partial charge in [-0.25, -0.2) is 0 Å². The Bertz CT molecular complexity index is 884. The Balaban J connectivity index is 1.61. The van der Waals surface area contributed by atoms with E-state index in [4.69, 9.17) is 4.74 Å². The summed E-state index contributed by atoms with van der Waals surface area (Å²) in [7, 11) is 0. The largest absolute Gasteiger partial charge is 0.367 e. The molecule has 3 aliphatic rings. The Labute approximate surface area is 146 Å². The average Bonchev–Trinajstić information content (AvgIpc) is 3.01. The molecule has 25 heavy (non-hydrogen) atoms. The number of carbonyl (C=O) groups is 1. The minimum atomic E-state index is -0.994. The molecule has 2 fully saturated rings. The number of aromatic nitrogens is 1. The Hall–Kier alpha value is -2.11. The van der Waals surface area contributed by atoms with Gasteiger partial charge < -0.3 is 19.7 Å². The Morgan fingerprint density at radius 1 is 1.36 bits per heavy atom. The van der Waals surface area contributed by atoms with Gasteiger partial charge in [-0.3, -0.25) is 4.79 Å². The predicted molar refractivity (Wildman–Crippen MR) is 93.8 cm³/mol. The van der Waals surface area contributed by atoms with Crippen LogP contribution >= 0.6 is 0 Å². The van der Waals surface area contributed by atoms with Crippen molar-refractivity contribution in [3.8, 4) is 0 Å². The molecule has 4 heterocycles. The van der Waals surface area contributed by atoms with Gasteiger partial charge in [0.1, 0.15) is 0 Å². The second kappa shape index (κ2) is 5.44. The summed E-state index contributed by atoms with van der Waals surface area (Å²) in [4.78, 5) is 18.7. The van der Waals surface area contributed by atoms with Crippen LogP contribution in [-0.4, -0.2) is 40.3 Å². The van der Waals surface area contributed by atoms with Gasteiger partial charge in [0, 0.05) is 29.1 Å². The van der Waals surface area contributed by atoms with E-state index in [1.165, 1.54) is 16.6 Å². The maximum absolute atomic E-state index is 13.1. The maximum atomic E-state index is 13.1. The van der Waals surface area contributed by atoms with Crippen molar-refractivity contribution in [1.82, 2.24) is 9.88 Å². The maximum Gasteiger partial charge on any atom is 0.232 e. The van der Waals surface area contributed by atoms with Crippen LogP contribution in [0, 0.1) is 11.8 Å². The fourth-order valence-electron chi connectivity index (χ4n) is 4.97. The van der Waals surface area contributed by atoms with Crippen LogP contribution in [0.25, 0.3) is 10.9 Å². The number of H-pyrrole nitrogens is 1. The number of aromatic amines is 1. The van der Waals surface area contributed by atoms with Crippen LogP contribution in [0.4, 0.5) is 0 Å². The third-order valence-electron chi connectivity index (χ3n) is 6.21. The van der Waals surface area contributed by atoms with E-state index in [2.05, 4.69) is 23.2 Å². The first-order valence-electron chi connectivity index (χ1n) is 9.03. The molecule has 5 nitrogen and oxygen atoms in total. The van der Waals surface area contributed by atoms with Crippen molar-refractivity contribution in [1.29, 1.82) is 0 Å². The topological polar surface area (TPSA) is 65.6 Å². The number of rotatable bonds is 0. The van der Waals surface area contributed by atoms with Gasteiger partial charge in [-0.05, 0) is 37.0 Å². The van der Waals surface area contributed by atoms with Crippen molar-refractivity contribution >= 4 is 16.8 Å². The highest BCUT2D eigenvalue weighted by atomic mass is 16.6. The second-order valence-corrected chi connectivity index (χ2v) is 7.29. The van der Waals surface area contributed by atoms with Gasteiger partial charge in [0.15, 0.2) is 6.29 Å². The molecular weight excluding hydrogens is 316 g/mol. The first kappa shape index (κ1) is 15.2. The third kappa shape index (κ3) is 2.06. The Morgan fingerprint density at radius 2 is 2.20 bits per heavy atom. The number of para-hydroxylation sites is 1. The summed E-state index contributed by atoms with van der Waals surface area (Å²) in [5, 5.41) is 11.6. The highest BCUT2D eigenvalue weighted by molar-refractivity contribution is 5.87. The SMILES string of the molecule is C/C=C1/CO[C@@H](O)[C@H]2C(=O)N3CCc4c([nH]c5ccccc45)[C@@H]3C[C@@H]12. The molecule has 0 unspecified atom stereocenters. The quantitative estimate of drug-likeness (QED) is 0.726. The molecule has 130 valence electrons. The molecule has 0 bridgehead atoms. The van der Waals surface area contributed by atoms with E-state index in [0.29, 0.717) is 13.2 Å². The number of amides is 1. The Morgan fingerprint density at radius 3 is 3.04 bits per heavy atom. The number of fused-ring (bicyclic) bond motifs is 6. The van der Waals surface area contributed by atoms with Crippen LogP contribution < -0.4 is 0 Å². The fraction of sp³-hybridized carbons (Fsp3) is 0.450. The molecule has 4 atom stereocenters. The lowest BCUT2D eigenvalue weighted by Gasteiger charge is -2.49. The van der Waals surface area contributed by atoms with Crippen molar-refractivity contribution in [2.45, 2.75) is 32.1 Å². The predicted octanol–water partition coefficient (Wildman–Crippen LogP) is 2.52. The lowest BCUT2D eigenvalue weighted by molar-refractivity contribution is -0.191. The molecule has 0 saturated carbocycles. The number of aliphatic hydroxyl groups is 1. The zero-order valence-electron chi connectivity index (χ0n) is 14.2. The molecule has 3 aliphatic heterocycles. The number of aliphatic hydroxyl groups excluding tert-OH is 1. The molecule has 1 aromatic heterocycles. The zero-order valence-corrected chi connectivity index (χ0v) is 14.2. The van der Waals surface area contributed by atoms with Crippen molar-refractivity contribution in [2.75, 3.05) is 13.2 Å². The lowest BCUT2D eigenvalue weighted by Crippen LogP contribution is -2.56. The van der Waals surface area contributed by atoms with Crippen LogP contribution in [-0.2, 0) is 16.0 Å². The number of carbonyl (C=O) groups excluding carboxylic acids is 1. The van der Waals surface area contributed by atoms with Crippen LogP contribution in [0.1, 0.15) is 30.6 Å². The van der Waals surface area contributed by atoms with E-state index in [-0.39, 0.29) is 17.9 Å². The monoisotopic (exact) mass is 338 g/mol. The second-order valence-electron chi connectivity index (χ2n) is 7.29. The first-order chi connectivity index (χ1) is 12.2. The van der Waals surface area contributed by atoms with E-state index in [0.717, 1.165) is 23.9 Å². The van der Waals surface area contributed by atoms with Crippen LogP contribution in [0.2, 0.25) is 0 Å². The van der Waals surface area contributed by atoms with Crippen molar-refractivity contribution in [3.05, 3.63) is 47.2 Å². The number of hydrogen-bond acceptors (Lipinski definition) is 3. The summed E-state index contributed by atoms with van der Waals surface area (Å²) in [5.74, 6) is -0.390. The van der Waals surface area contributed by atoms with E-state index in [1.54, 1.807) is 0 Å². The number of ether oxygens (including phenoxy) is 1. The van der Waals surface area contributed by atoms with Crippen LogP contribution in [0.5, 0.6) is 0 Å². The van der Waals surface area contributed by atoms with E-state index < -0.39 is 12.2 Å². The molecule has 1 aromatic carbocycles. The molecule has 0 spiro atoms. The van der Waals surface area contributed by atoms with Crippen molar-refractivity contribution < 1.29 is 14.6 Å². The summed E-state index contributed by atoms with van der Waals surface area (Å²) >= 11 is 0. The number of benzene rings is 1. The number of nitrogens with zero attached hydrogens (tertiary/aromatic N) is 1. The molecule has 0 aliphatic carbocycles. The minimum Gasteiger partial charge on any atom is -0.367 e.